The second-order valence-electron chi connectivity index (χ2n) is 5.27. The molecule has 2 aromatic carbocycles. The molecular weight excluding hydrogens is 266 g/mol. The Kier molecular flexibility index (Phi) is 5.22. The standard InChI is InChI=1S/C18H22ClN/c1-4-13(2)14-5-7-15(8-6-14)16-9-10-17(12-20-3)18(19)11-16/h5-11,13,20H,4,12H2,1-3H3. The smallest absolute Gasteiger partial charge is 0.0457 e. The minimum absolute atomic E-state index is 0.616. The lowest BCUT2D eigenvalue weighted by Gasteiger charge is -2.11. The van der Waals surface area contributed by atoms with Crippen molar-refractivity contribution in [2.75, 3.05) is 7.05 Å². The topological polar surface area (TPSA) is 12.0 Å². The molecule has 1 atom stereocenters. The summed E-state index contributed by atoms with van der Waals surface area (Å²) in [5.74, 6) is 0.616. The van der Waals surface area contributed by atoms with Crippen molar-refractivity contribution in [3.63, 3.8) is 0 Å². The number of nitrogens with one attached hydrogen (secondary N) is 1. The Balaban J connectivity index is 2.25. The third-order valence-corrected chi connectivity index (χ3v) is 4.20. The largest absolute Gasteiger partial charge is 0.316 e. The fourth-order valence-electron chi connectivity index (χ4n) is 2.30. The van der Waals surface area contributed by atoms with Gasteiger partial charge in [-0.25, -0.2) is 0 Å². The third-order valence-electron chi connectivity index (χ3n) is 3.85. The number of rotatable bonds is 5. The Morgan fingerprint density at radius 2 is 1.70 bits per heavy atom. The molecule has 1 N–H and O–H groups in total. The summed E-state index contributed by atoms with van der Waals surface area (Å²) in [4.78, 5) is 0. The summed E-state index contributed by atoms with van der Waals surface area (Å²) in [7, 11) is 1.93. The summed E-state index contributed by atoms with van der Waals surface area (Å²) in [6.45, 7) is 5.28. The molecule has 0 aromatic heterocycles. The van der Waals surface area contributed by atoms with E-state index in [0.717, 1.165) is 17.1 Å². The van der Waals surface area contributed by atoms with Crippen LogP contribution in [0.25, 0.3) is 11.1 Å². The fraction of sp³-hybridized carbons (Fsp3) is 0.333. The van der Waals surface area contributed by atoms with Gasteiger partial charge in [-0.05, 0) is 47.7 Å². The van der Waals surface area contributed by atoms with Gasteiger partial charge in [-0.15, -0.1) is 0 Å². The van der Waals surface area contributed by atoms with Crippen LogP contribution in [0.4, 0.5) is 0 Å². The maximum Gasteiger partial charge on any atom is 0.0457 e. The van der Waals surface area contributed by atoms with Gasteiger partial charge in [0.15, 0.2) is 0 Å². The Morgan fingerprint density at radius 3 is 2.25 bits per heavy atom. The van der Waals surface area contributed by atoms with Gasteiger partial charge in [0.1, 0.15) is 0 Å². The highest BCUT2D eigenvalue weighted by atomic mass is 35.5. The molecule has 0 saturated heterocycles. The van der Waals surface area contributed by atoms with Crippen LogP contribution in [0.15, 0.2) is 42.5 Å². The average molecular weight is 288 g/mol. The van der Waals surface area contributed by atoms with Crippen LogP contribution in [0, 0.1) is 0 Å². The molecule has 0 spiro atoms. The molecule has 0 aliphatic carbocycles. The normalized spacial score (nSPS) is 12.4. The predicted molar refractivity (Wildman–Crippen MR) is 88.4 cm³/mol. The van der Waals surface area contributed by atoms with Crippen LogP contribution >= 0.6 is 11.6 Å². The summed E-state index contributed by atoms with van der Waals surface area (Å²) in [5, 5.41) is 3.95. The molecule has 1 nitrogen and oxygen atoms in total. The van der Waals surface area contributed by atoms with E-state index < -0.39 is 0 Å². The minimum Gasteiger partial charge on any atom is -0.316 e. The van der Waals surface area contributed by atoms with Crippen molar-refractivity contribution in [3.8, 4) is 11.1 Å². The summed E-state index contributed by atoms with van der Waals surface area (Å²) in [6, 6.07) is 15.1. The quantitative estimate of drug-likeness (QED) is 0.793. The van der Waals surface area contributed by atoms with Gasteiger partial charge in [0.2, 0.25) is 0 Å². The number of hydrogen-bond acceptors (Lipinski definition) is 1. The molecule has 0 amide bonds. The second kappa shape index (κ2) is 6.92. The van der Waals surface area contributed by atoms with Crippen LogP contribution in [-0.4, -0.2) is 7.05 Å². The monoisotopic (exact) mass is 287 g/mol. The zero-order valence-corrected chi connectivity index (χ0v) is 13.2. The van der Waals surface area contributed by atoms with E-state index in [2.05, 4.69) is 55.6 Å². The fourth-order valence-corrected chi connectivity index (χ4v) is 2.55. The molecule has 1 unspecified atom stereocenters. The van der Waals surface area contributed by atoms with E-state index in [1.807, 2.05) is 13.1 Å². The van der Waals surface area contributed by atoms with Gasteiger partial charge in [-0.2, -0.15) is 0 Å². The molecule has 0 radical (unpaired) electrons. The summed E-state index contributed by atoms with van der Waals surface area (Å²) in [6.07, 6.45) is 1.17. The van der Waals surface area contributed by atoms with E-state index in [-0.39, 0.29) is 0 Å². The zero-order chi connectivity index (χ0) is 14.5. The minimum atomic E-state index is 0.616. The molecule has 0 saturated carbocycles. The lowest BCUT2D eigenvalue weighted by atomic mass is 9.95. The molecule has 2 rings (SSSR count). The maximum atomic E-state index is 6.32. The molecular formula is C18H22ClN. The average Bonchev–Trinajstić information content (AvgIpc) is 2.49. The van der Waals surface area contributed by atoms with Crippen molar-refractivity contribution in [3.05, 3.63) is 58.6 Å². The number of benzene rings is 2. The molecule has 0 aliphatic heterocycles. The first-order chi connectivity index (χ1) is 9.65. The Bertz CT molecular complexity index is 560. The highest BCUT2D eigenvalue weighted by Crippen LogP contribution is 2.27. The van der Waals surface area contributed by atoms with Gasteiger partial charge in [0, 0.05) is 11.6 Å². The molecule has 2 aromatic rings. The second-order valence-corrected chi connectivity index (χ2v) is 5.68. The molecule has 0 fully saturated rings. The van der Waals surface area contributed by atoms with Crippen molar-refractivity contribution < 1.29 is 0 Å². The SMILES string of the molecule is CCC(C)c1ccc(-c2ccc(CNC)c(Cl)c2)cc1. The van der Waals surface area contributed by atoms with Crippen molar-refractivity contribution in [1.82, 2.24) is 5.32 Å². The first-order valence-corrected chi connectivity index (χ1v) is 7.56. The third kappa shape index (κ3) is 3.41. The van der Waals surface area contributed by atoms with Crippen LogP contribution < -0.4 is 5.32 Å². The van der Waals surface area contributed by atoms with E-state index in [9.17, 15) is 0 Å². The molecule has 2 heteroatoms. The van der Waals surface area contributed by atoms with Gasteiger partial charge in [0.25, 0.3) is 0 Å². The van der Waals surface area contributed by atoms with Crippen LogP contribution in [-0.2, 0) is 6.54 Å². The Labute approximate surface area is 127 Å². The van der Waals surface area contributed by atoms with Crippen LogP contribution in [0.3, 0.4) is 0 Å². The van der Waals surface area contributed by atoms with Gasteiger partial charge in [-0.1, -0.05) is 61.8 Å². The van der Waals surface area contributed by atoms with E-state index in [1.54, 1.807) is 0 Å². The maximum absolute atomic E-state index is 6.32. The molecule has 106 valence electrons. The summed E-state index contributed by atoms with van der Waals surface area (Å²) >= 11 is 6.32. The van der Waals surface area contributed by atoms with Crippen LogP contribution in [0.2, 0.25) is 5.02 Å². The zero-order valence-electron chi connectivity index (χ0n) is 12.4. The van der Waals surface area contributed by atoms with Crippen molar-refractivity contribution in [2.45, 2.75) is 32.7 Å². The lowest BCUT2D eigenvalue weighted by molar-refractivity contribution is 0.734. The number of halogens is 1. The van der Waals surface area contributed by atoms with Gasteiger partial charge < -0.3 is 5.32 Å². The van der Waals surface area contributed by atoms with Crippen molar-refractivity contribution in [2.24, 2.45) is 0 Å². The van der Waals surface area contributed by atoms with Gasteiger partial charge >= 0.3 is 0 Å². The number of hydrogen-bond donors (Lipinski definition) is 1. The van der Waals surface area contributed by atoms with E-state index >= 15 is 0 Å². The van der Waals surface area contributed by atoms with E-state index in [4.69, 9.17) is 11.6 Å². The van der Waals surface area contributed by atoms with E-state index in [1.165, 1.54) is 23.1 Å². The predicted octanol–water partition coefficient (Wildman–Crippen LogP) is 5.24. The highest BCUT2D eigenvalue weighted by Gasteiger charge is 2.05. The molecule has 0 bridgehead atoms. The van der Waals surface area contributed by atoms with E-state index in [0.29, 0.717) is 5.92 Å². The van der Waals surface area contributed by atoms with Crippen LogP contribution in [0.5, 0.6) is 0 Å². The molecule has 0 aliphatic rings. The first-order valence-electron chi connectivity index (χ1n) is 7.19. The first kappa shape index (κ1) is 15.1. The Hall–Kier alpha value is -1.31. The van der Waals surface area contributed by atoms with Gasteiger partial charge in [-0.3, -0.25) is 0 Å². The molecule has 20 heavy (non-hydrogen) atoms. The highest BCUT2D eigenvalue weighted by molar-refractivity contribution is 6.31. The van der Waals surface area contributed by atoms with Crippen molar-refractivity contribution >= 4 is 11.6 Å². The molecule has 0 heterocycles. The lowest BCUT2D eigenvalue weighted by Crippen LogP contribution is -2.05. The summed E-state index contributed by atoms with van der Waals surface area (Å²) in [5.41, 5.74) is 4.92. The summed E-state index contributed by atoms with van der Waals surface area (Å²) < 4.78 is 0. The van der Waals surface area contributed by atoms with Crippen LogP contribution in [0.1, 0.15) is 37.3 Å². The van der Waals surface area contributed by atoms with Gasteiger partial charge in [0.05, 0.1) is 0 Å². The van der Waals surface area contributed by atoms with Crippen molar-refractivity contribution in [1.29, 1.82) is 0 Å². The Morgan fingerprint density at radius 1 is 1.05 bits per heavy atom.